The smallest absolute Gasteiger partial charge is 0.407 e. The van der Waals surface area contributed by atoms with E-state index in [2.05, 4.69) is 5.32 Å². The van der Waals surface area contributed by atoms with E-state index >= 15 is 0 Å². The molecule has 254 valence electrons. The van der Waals surface area contributed by atoms with Crippen molar-refractivity contribution in [3.63, 3.8) is 0 Å². The maximum atomic E-state index is 13.8. The first kappa shape index (κ1) is 33.0. The Morgan fingerprint density at radius 1 is 0.840 bits per heavy atom. The lowest BCUT2D eigenvalue weighted by molar-refractivity contribution is -0.139. The predicted octanol–water partition coefficient (Wildman–Crippen LogP) is 6.34. The zero-order chi connectivity index (χ0) is 34.9. The first-order chi connectivity index (χ1) is 24.1. The van der Waals surface area contributed by atoms with Crippen molar-refractivity contribution in [1.82, 2.24) is 9.62 Å². The summed E-state index contributed by atoms with van der Waals surface area (Å²) in [6.45, 7) is 0.0230. The quantitative estimate of drug-likeness (QED) is 0.166. The van der Waals surface area contributed by atoms with E-state index in [0.717, 1.165) is 27.8 Å². The lowest BCUT2D eigenvalue weighted by Crippen LogP contribution is -2.64. The topological polar surface area (TPSA) is 122 Å². The van der Waals surface area contributed by atoms with E-state index in [1.165, 1.54) is 46.8 Å². The number of nitrogens with zero attached hydrogens (tertiary/aromatic N) is 1. The highest BCUT2D eigenvalue weighted by Gasteiger charge is 2.52. The highest BCUT2D eigenvalue weighted by molar-refractivity contribution is 7.89. The number of fused-ring (bicyclic) bond motifs is 3. The van der Waals surface area contributed by atoms with Crippen LogP contribution in [0, 0.1) is 5.82 Å². The van der Waals surface area contributed by atoms with Gasteiger partial charge in [0.2, 0.25) is 10.0 Å². The van der Waals surface area contributed by atoms with Crippen LogP contribution in [0.25, 0.3) is 11.1 Å². The van der Waals surface area contributed by atoms with Gasteiger partial charge >= 0.3 is 12.1 Å². The second-order valence-corrected chi connectivity index (χ2v) is 14.3. The lowest BCUT2D eigenvalue weighted by atomic mass is 9.87. The minimum atomic E-state index is -4.01. The second-order valence-electron chi connectivity index (χ2n) is 12.4. The fourth-order valence-corrected chi connectivity index (χ4v) is 8.28. The Balaban J connectivity index is 1.02. The normalized spacial score (nSPS) is 15.6. The standard InChI is InChI=1S/C39H33FN2O7S/c40-28-17-19-29(20-18-28)49-39(27-10-2-1-3-11-27)24-42(25-39)50(46,47)30-12-8-9-26(21-30)22-36(37(43)44)41-38(45)48-23-35-33-15-6-4-13-31(33)32-14-5-7-16-34(32)35/h1-21,35-36H,22-25H2,(H,41,45)(H,43,44). The van der Waals surface area contributed by atoms with Crippen LogP contribution >= 0.6 is 0 Å². The van der Waals surface area contributed by atoms with Gasteiger partial charge in [0.1, 0.15) is 24.2 Å². The third-order valence-corrected chi connectivity index (χ3v) is 11.0. The molecule has 1 unspecified atom stereocenters. The van der Waals surface area contributed by atoms with Crippen molar-refractivity contribution in [2.24, 2.45) is 0 Å². The highest BCUT2D eigenvalue weighted by atomic mass is 32.2. The number of ether oxygens (including phenoxy) is 2. The van der Waals surface area contributed by atoms with Gasteiger partial charge in [-0.3, -0.25) is 0 Å². The molecule has 9 nitrogen and oxygen atoms in total. The molecule has 11 heteroatoms. The molecule has 0 spiro atoms. The molecule has 50 heavy (non-hydrogen) atoms. The van der Waals surface area contributed by atoms with Gasteiger partial charge in [0.05, 0.1) is 18.0 Å². The fraction of sp³-hybridized carbons (Fsp3) is 0.179. The Morgan fingerprint density at radius 2 is 1.46 bits per heavy atom. The zero-order valence-corrected chi connectivity index (χ0v) is 27.6. The fourth-order valence-electron chi connectivity index (χ4n) is 6.67. The summed E-state index contributed by atoms with van der Waals surface area (Å²) < 4.78 is 54.2. The summed E-state index contributed by atoms with van der Waals surface area (Å²) >= 11 is 0. The Labute approximate surface area is 289 Å². The molecule has 0 radical (unpaired) electrons. The molecular weight excluding hydrogens is 660 g/mol. The molecule has 1 amide bonds. The van der Waals surface area contributed by atoms with Gasteiger partial charge in [0, 0.05) is 12.3 Å². The number of amides is 1. The van der Waals surface area contributed by atoms with Crippen LogP contribution in [-0.4, -0.2) is 55.6 Å². The molecule has 2 N–H and O–H groups in total. The second kappa shape index (κ2) is 13.4. The van der Waals surface area contributed by atoms with Crippen molar-refractivity contribution < 1.29 is 37.0 Å². The van der Waals surface area contributed by atoms with Crippen molar-refractivity contribution in [2.45, 2.75) is 28.9 Å². The number of carbonyl (C=O) groups excluding carboxylic acids is 1. The van der Waals surface area contributed by atoms with E-state index in [9.17, 15) is 27.5 Å². The summed E-state index contributed by atoms with van der Waals surface area (Å²) in [6.07, 6.45) is -1.06. The van der Waals surface area contributed by atoms with Crippen molar-refractivity contribution in [3.8, 4) is 16.9 Å². The number of sulfonamides is 1. The molecule has 1 heterocycles. The molecule has 5 aromatic rings. The monoisotopic (exact) mass is 692 g/mol. The third-order valence-electron chi connectivity index (χ3n) is 9.20. The van der Waals surface area contributed by atoms with Crippen molar-refractivity contribution >= 4 is 22.1 Å². The number of aliphatic carboxylic acids is 1. The summed E-state index contributed by atoms with van der Waals surface area (Å²) in [6, 6.07) is 35.2. The Kier molecular flexibility index (Phi) is 8.85. The van der Waals surface area contributed by atoms with Gasteiger partial charge in [0.15, 0.2) is 5.60 Å². The Morgan fingerprint density at radius 3 is 2.10 bits per heavy atom. The van der Waals surface area contributed by atoms with Gasteiger partial charge in [-0.15, -0.1) is 0 Å². The summed E-state index contributed by atoms with van der Waals surface area (Å²) in [7, 11) is -4.01. The van der Waals surface area contributed by atoms with Crippen LogP contribution in [0.2, 0.25) is 0 Å². The van der Waals surface area contributed by atoms with E-state index in [0.29, 0.717) is 11.3 Å². The van der Waals surface area contributed by atoms with Gasteiger partial charge in [-0.2, -0.15) is 4.31 Å². The molecule has 1 aliphatic carbocycles. The van der Waals surface area contributed by atoms with E-state index in [-0.39, 0.29) is 36.9 Å². The first-order valence-electron chi connectivity index (χ1n) is 16.1. The van der Waals surface area contributed by atoms with Gasteiger partial charge in [0.25, 0.3) is 0 Å². The molecule has 1 fully saturated rings. The molecule has 2 aliphatic rings. The lowest BCUT2D eigenvalue weighted by Gasteiger charge is -2.48. The SMILES string of the molecule is O=C(NC(Cc1cccc(S(=O)(=O)N2CC(Oc3ccc(F)cc3)(c3ccccc3)C2)c1)C(=O)O)OCC1c2ccccc2-c2ccccc21. The third kappa shape index (κ3) is 6.45. The molecule has 0 bridgehead atoms. The number of carboxylic acid groups (broad SMARTS) is 1. The summed E-state index contributed by atoms with van der Waals surface area (Å²) in [5.41, 5.74) is 4.37. The van der Waals surface area contributed by atoms with E-state index in [4.69, 9.17) is 9.47 Å². The number of halogens is 1. The molecule has 0 aromatic heterocycles. The molecule has 5 aromatic carbocycles. The van der Waals surface area contributed by atoms with Crippen LogP contribution < -0.4 is 10.1 Å². The number of carboxylic acids is 1. The number of benzene rings is 5. The molecule has 1 aliphatic heterocycles. The molecule has 0 saturated carbocycles. The van der Waals surface area contributed by atoms with Crippen molar-refractivity contribution in [3.05, 3.63) is 155 Å². The molecule has 1 saturated heterocycles. The molecular formula is C39H33FN2O7S. The van der Waals surface area contributed by atoms with Gasteiger partial charge in [-0.1, -0.05) is 91.0 Å². The van der Waals surface area contributed by atoms with Crippen LogP contribution in [-0.2, 0) is 31.6 Å². The summed E-state index contributed by atoms with van der Waals surface area (Å²) in [4.78, 5) is 25.1. The number of nitrogens with one attached hydrogen (secondary N) is 1. The average Bonchev–Trinajstić information content (AvgIpc) is 3.43. The van der Waals surface area contributed by atoms with Gasteiger partial charge in [-0.25, -0.2) is 22.4 Å². The first-order valence-corrected chi connectivity index (χ1v) is 17.5. The average molecular weight is 693 g/mol. The Hall–Kier alpha value is -5.52. The number of rotatable bonds is 11. The minimum Gasteiger partial charge on any atom is -0.480 e. The molecule has 7 rings (SSSR count). The predicted molar refractivity (Wildman–Crippen MR) is 184 cm³/mol. The van der Waals surface area contributed by atoms with Crippen LogP contribution in [0.5, 0.6) is 5.75 Å². The van der Waals surface area contributed by atoms with E-state index in [1.807, 2.05) is 78.9 Å². The number of alkyl carbamates (subject to hydrolysis) is 1. The van der Waals surface area contributed by atoms with Crippen LogP contribution in [0.3, 0.4) is 0 Å². The van der Waals surface area contributed by atoms with Crippen LogP contribution in [0.1, 0.15) is 28.2 Å². The minimum absolute atomic E-state index is 0.00203. The highest BCUT2D eigenvalue weighted by Crippen LogP contribution is 2.44. The summed E-state index contributed by atoms with van der Waals surface area (Å²) in [5, 5.41) is 12.4. The number of hydrogen-bond donors (Lipinski definition) is 2. The largest absolute Gasteiger partial charge is 0.480 e. The zero-order valence-electron chi connectivity index (χ0n) is 26.7. The maximum Gasteiger partial charge on any atom is 0.407 e. The van der Waals surface area contributed by atoms with Crippen molar-refractivity contribution in [2.75, 3.05) is 19.7 Å². The van der Waals surface area contributed by atoms with E-state index in [1.54, 1.807) is 6.07 Å². The Bertz CT molecular complexity index is 2110. The van der Waals surface area contributed by atoms with Gasteiger partial charge in [-0.05, 0) is 69.8 Å². The number of carbonyl (C=O) groups is 2. The van der Waals surface area contributed by atoms with Gasteiger partial charge < -0.3 is 19.9 Å². The van der Waals surface area contributed by atoms with Crippen LogP contribution in [0.4, 0.5) is 9.18 Å². The summed E-state index contributed by atoms with van der Waals surface area (Å²) in [5.74, 6) is -1.50. The van der Waals surface area contributed by atoms with E-state index < -0.39 is 39.5 Å². The van der Waals surface area contributed by atoms with Crippen molar-refractivity contribution in [1.29, 1.82) is 0 Å². The number of hydrogen-bond acceptors (Lipinski definition) is 6. The molecule has 1 atom stereocenters. The van der Waals surface area contributed by atoms with Crippen LogP contribution in [0.15, 0.2) is 132 Å². The maximum absolute atomic E-state index is 13.8.